The maximum Gasteiger partial charge on any atom is 0.225 e. The summed E-state index contributed by atoms with van der Waals surface area (Å²) in [7, 11) is 0. The summed E-state index contributed by atoms with van der Waals surface area (Å²) in [5.41, 5.74) is 0.832. The lowest BCUT2D eigenvalue weighted by molar-refractivity contribution is -0.120. The summed E-state index contributed by atoms with van der Waals surface area (Å²) >= 11 is 0. The van der Waals surface area contributed by atoms with Crippen LogP contribution in [0.3, 0.4) is 0 Å². The summed E-state index contributed by atoms with van der Waals surface area (Å²) in [5.74, 6) is 0.972. The molecule has 0 unspecified atom stereocenters. The molecule has 0 aliphatic carbocycles. The fraction of sp³-hybridized carbons (Fsp3) is 0.133. The Labute approximate surface area is 116 Å². The van der Waals surface area contributed by atoms with Gasteiger partial charge >= 0.3 is 0 Å². The zero-order valence-electron chi connectivity index (χ0n) is 10.4. The predicted molar refractivity (Wildman–Crippen MR) is 72.1 cm³/mol. The van der Waals surface area contributed by atoms with Crippen molar-refractivity contribution >= 4 is 11.8 Å². The standard InChI is InChI=1S/C15H9N4O/c16-7-11(8-17)15-13(9-18)12(6-14(20)19-15)10-4-2-1-3-5-10/h1-5,12H,6H2,(H,19,20)/q-1/t12-/m0/s1. The van der Waals surface area contributed by atoms with Crippen molar-refractivity contribution in [3.63, 3.8) is 0 Å². The van der Waals surface area contributed by atoms with Crippen LogP contribution in [0.4, 0.5) is 0 Å². The van der Waals surface area contributed by atoms with Crippen molar-refractivity contribution in [3.05, 3.63) is 58.1 Å². The molecule has 1 aliphatic heterocycles. The smallest absolute Gasteiger partial charge is 0.225 e. The van der Waals surface area contributed by atoms with Crippen LogP contribution in [0.15, 0.2) is 47.2 Å². The SMILES string of the molecule is N#CC(=C=[N-])C1=C(C#N)[C@H](c2ccccc2)CC(=O)N1. The van der Waals surface area contributed by atoms with E-state index in [2.05, 4.69) is 5.32 Å². The minimum Gasteiger partial charge on any atom is -0.762 e. The lowest BCUT2D eigenvalue weighted by atomic mass is 9.84. The minimum absolute atomic E-state index is 0.0302. The van der Waals surface area contributed by atoms with E-state index < -0.39 is 5.92 Å². The van der Waals surface area contributed by atoms with E-state index in [0.717, 1.165) is 5.56 Å². The van der Waals surface area contributed by atoms with Gasteiger partial charge in [0.2, 0.25) is 5.91 Å². The second kappa shape index (κ2) is 5.67. The predicted octanol–water partition coefficient (Wildman–Crippen LogP) is 1.76. The third kappa shape index (κ3) is 2.35. The van der Waals surface area contributed by atoms with Gasteiger partial charge in [-0.05, 0) is 5.56 Å². The van der Waals surface area contributed by atoms with E-state index in [-0.39, 0.29) is 29.2 Å². The van der Waals surface area contributed by atoms with Crippen molar-refractivity contribution in [3.8, 4) is 12.1 Å². The highest BCUT2D eigenvalue weighted by Gasteiger charge is 2.30. The molecule has 1 heterocycles. The van der Waals surface area contributed by atoms with Crippen molar-refractivity contribution in [1.29, 1.82) is 10.5 Å². The van der Waals surface area contributed by atoms with Crippen LogP contribution < -0.4 is 5.32 Å². The van der Waals surface area contributed by atoms with E-state index in [9.17, 15) is 10.1 Å². The number of nitrogens with zero attached hydrogens (tertiary/aromatic N) is 3. The Balaban J connectivity index is 2.62. The Morgan fingerprint density at radius 2 is 2.00 bits per heavy atom. The molecule has 1 N–H and O–H groups in total. The normalized spacial score (nSPS) is 17.5. The van der Waals surface area contributed by atoms with Gasteiger partial charge in [0.25, 0.3) is 0 Å². The number of nitriles is 2. The van der Waals surface area contributed by atoms with E-state index in [1.54, 1.807) is 11.9 Å². The van der Waals surface area contributed by atoms with Crippen molar-refractivity contribution in [1.82, 2.24) is 5.32 Å². The van der Waals surface area contributed by atoms with Crippen LogP contribution in [0.1, 0.15) is 17.9 Å². The first-order valence-corrected chi connectivity index (χ1v) is 5.87. The maximum atomic E-state index is 11.8. The zero-order valence-corrected chi connectivity index (χ0v) is 10.4. The molecule has 96 valence electrons. The summed E-state index contributed by atoms with van der Waals surface area (Å²) in [5, 5.41) is 29.6. The number of benzene rings is 1. The van der Waals surface area contributed by atoms with Crippen LogP contribution in [0.5, 0.6) is 0 Å². The first-order valence-electron chi connectivity index (χ1n) is 5.87. The van der Waals surface area contributed by atoms with Crippen LogP contribution in [-0.2, 0) is 4.79 Å². The van der Waals surface area contributed by atoms with Crippen LogP contribution in [-0.4, -0.2) is 11.8 Å². The fourth-order valence-electron chi connectivity index (χ4n) is 2.16. The number of hydrogen-bond acceptors (Lipinski definition) is 3. The van der Waals surface area contributed by atoms with Crippen LogP contribution in [0.25, 0.3) is 5.41 Å². The fourth-order valence-corrected chi connectivity index (χ4v) is 2.16. The van der Waals surface area contributed by atoms with E-state index in [1.165, 1.54) is 0 Å². The Kier molecular flexibility index (Phi) is 3.77. The number of amides is 1. The molecule has 2 rings (SSSR count). The molecule has 0 radical (unpaired) electrons. The molecule has 20 heavy (non-hydrogen) atoms. The van der Waals surface area contributed by atoms with Gasteiger partial charge in [-0.1, -0.05) is 30.3 Å². The molecule has 1 amide bonds. The molecule has 0 saturated heterocycles. The summed E-state index contributed by atoms with van der Waals surface area (Å²) < 4.78 is 0. The van der Waals surface area contributed by atoms with Gasteiger partial charge in [-0.2, -0.15) is 10.5 Å². The van der Waals surface area contributed by atoms with E-state index in [4.69, 9.17) is 10.7 Å². The maximum absolute atomic E-state index is 11.8. The lowest BCUT2D eigenvalue weighted by Crippen LogP contribution is -2.32. The molecule has 5 nitrogen and oxygen atoms in total. The second-order valence-electron chi connectivity index (χ2n) is 4.21. The van der Waals surface area contributed by atoms with Gasteiger partial charge in [-0.25, -0.2) is 5.87 Å². The zero-order chi connectivity index (χ0) is 14.5. The van der Waals surface area contributed by atoms with Crippen molar-refractivity contribution in [2.45, 2.75) is 12.3 Å². The molecule has 0 aromatic heterocycles. The van der Waals surface area contributed by atoms with E-state index >= 15 is 0 Å². The van der Waals surface area contributed by atoms with Crippen LogP contribution >= 0.6 is 0 Å². The third-order valence-corrected chi connectivity index (χ3v) is 3.07. The molecule has 0 spiro atoms. The topological polar surface area (TPSA) is 99.0 Å². The Hall–Kier alpha value is -3.14. The number of rotatable bonds is 2. The molecule has 5 heteroatoms. The van der Waals surface area contributed by atoms with E-state index in [1.807, 2.05) is 36.4 Å². The van der Waals surface area contributed by atoms with Crippen molar-refractivity contribution in [2.75, 3.05) is 0 Å². The highest BCUT2D eigenvalue weighted by atomic mass is 16.1. The number of hydrogen-bond donors (Lipinski definition) is 1. The van der Waals surface area contributed by atoms with Crippen LogP contribution in [0.2, 0.25) is 0 Å². The van der Waals surface area contributed by atoms with Gasteiger partial charge in [0.15, 0.2) is 0 Å². The highest BCUT2D eigenvalue weighted by Crippen LogP contribution is 2.33. The molecule has 1 aromatic carbocycles. The Morgan fingerprint density at radius 3 is 2.55 bits per heavy atom. The van der Waals surface area contributed by atoms with Crippen molar-refractivity contribution < 1.29 is 4.79 Å². The van der Waals surface area contributed by atoms with Crippen molar-refractivity contribution in [2.24, 2.45) is 0 Å². The van der Waals surface area contributed by atoms with Gasteiger partial charge in [-0.15, -0.1) is 0 Å². The summed E-state index contributed by atoms with van der Waals surface area (Å²) in [6.07, 6.45) is 0.126. The first-order chi connectivity index (χ1) is 9.71. The summed E-state index contributed by atoms with van der Waals surface area (Å²) in [4.78, 5) is 11.8. The average molecular weight is 261 g/mol. The second-order valence-corrected chi connectivity index (χ2v) is 4.21. The number of carbonyl (C=O) groups excluding carboxylic acids is 1. The largest absolute Gasteiger partial charge is 0.762 e. The monoisotopic (exact) mass is 261 g/mol. The molecule has 1 atom stereocenters. The Morgan fingerprint density at radius 1 is 1.30 bits per heavy atom. The molecule has 0 saturated carbocycles. The van der Waals surface area contributed by atoms with Gasteiger partial charge in [0.05, 0.1) is 22.9 Å². The number of allylic oxidation sites excluding steroid dienone is 2. The summed E-state index contributed by atoms with van der Waals surface area (Å²) in [6.45, 7) is 0. The summed E-state index contributed by atoms with van der Waals surface area (Å²) in [6, 6.07) is 12.8. The first kappa shape index (κ1) is 13.3. The molecule has 1 aliphatic rings. The average Bonchev–Trinajstić information content (AvgIpc) is 2.49. The molecule has 0 bridgehead atoms. The van der Waals surface area contributed by atoms with Gasteiger partial charge < -0.3 is 10.7 Å². The molecule has 0 fully saturated rings. The number of nitrogens with one attached hydrogen (secondary N) is 1. The van der Waals surface area contributed by atoms with Crippen LogP contribution in [0, 0.1) is 22.7 Å². The third-order valence-electron chi connectivity index (χ3n) is 3.07. The van der Waals surface area contributed by atoms with Gasteiger partial charge in [0, 0.05) is 12.3 Å². The minimum atomic E-state index is -0.429. The number of carbonyl (C=O) groups is 1. The van der Waals surface area contributed by atoms with Gasteiger partial charge in [-0.3, -0.25) is 4.79 Å². The molecular weight excluding hydrogens is 252 g/mol. The molecule has 1 aromatic rings. The molecular formula is C15H9N4O-. The Bertz CT molecular complexity index is 712. The highest BCUT2D eigenvalue weighted by molar-refractivity contribution is 5.86. The lowest BCUT2D eigenvalue weighted by Gasteiger charge is -2.25. The quantitative estimate of drug-likeness (QED) is 0.648. The van der Waals surface area contributed by atoms with E-state index in [0.29, 0.717) is 0 Å². The van der Waals surface area contributed by atoms with Gasteiger partial charge in [0.1, 0.15) is 6.07 Å².